The van der Waals surface area contributed by atoms with Crippen molar-refractivity contribution in [1.29, 1.82) is 0 Å². The molecule has 2 N–H and O–H groups in total. The number of hydrazone groups is 1. The summed E-state index contributed by atoms with van der Waals surface area (Å²) in [5.41, 5.74) is 9.22. The highest BCUT2D eigenvalue weighted by atomic mass is 28.3. The highest BCUT2D eigenvalue weighted by Gasteiger charge is 2.37. The molecule has 4 aromatic rings. The summed E-state index contributed by atoms with van der Waals surface area (Å²) in [6.45, 7) is 12.3. The smallest absolute Gasteiger partial charge is 0.247 e. The Morgan fingerprint density at radius 3 is 2.50 bits per heavy atom. The fourth-order valence-corrected chi connectivity index (χ4v) is 8.24. The zero-order valence-electron chi connectivity index (χ0n) is 31.4. The van der Waals surface area contributed by atoms with E-state index in [4.69, 9.17) is 9.84 Å². The van der Waals surface area contributed by atoms with Crippen molar-refractivity contribution >= 4 is 31.8 Å². The Kier molecular flexibility index (Phi) is 10.2. The van der Waals surface area contributed by atoms with Crippen LogP contribution < -0.4 is 10.6 Å². The number of fused-ring (bicyclic) bond motifs is 1. The molecule has 2 aliphatic carbocycles. The summed E-state index contributed by atoms with van der Waals surface area (Å²) in [4.78, 5) is 28.0. The molecule has 1 saturated carbocycles. The summed E-state index contributed by atoms with van der Waals surface area (Å²) in [6.07, 6.45) is 11.3. The van der Waals surface area contributed by atoms with Crippen molar-refractivity contribution in [3.8, 4) is 22.3 Å². The Labute approximate surface area is 307 Å². The van der Waals surface area contributed by atoms with E-state index >= 15 is 0 Å². The van der Waals surface area contributed by atoms with Crippen LogP contribution in [-0.4, -0.2) is 76.4 Å². The molecule has 11 nitrogen and oxygen atoms in total. The standard InChI is InChI=1S/C40H52N8O3Si/c1-26-37(27(2)48(45-26)25-51-20-21-52(4,5)6)29-12-14-32(15-13-29)43-40(50)38(44-39(49)36-18-19-41-46(36)3)34-9-7-8-28-10-11-30(22-35(28)34)31-23-42-47(24-31)33-16-17-33/h10-15,19,22-24,33-34,36,38H,7-9,16-18,20-21,25H2,1-6H3,(H,43,50)(H,44,49)/q-1/t34?,36?,38-/m0/s1. The summed E-state index contributed by atoms with van der Waals surface area (Å²) in [7, 11) is 0.629. The fourth-order valence-electron chi connectivity index (χ4n) is 7.48. The first-order valence-electron chi connectivity index (χ1n) is 18.7. The van der Waals surface area contributed by atoms with Crippen molar-refractivity contribution in [1.82, 2.24) is 29.9 Å². The Morgan fingerprint density at radius 2 is 1.79 bits per heavy atom. The minimum absolute atomic E-state index is 0.192. The lowest BCUT2D eigenvalue weighted by atomic mass is 9.77. The normalized spacial score (nSPS) is 19.1. The first kappa shape index (κ1) is 35.8. The minimum Gasteiger partial charge on any atom is -0.362 e. The second-order valence-corrected chi connectivity index (χ2v) is 21.5. The number of hydrogen-bond donors (Lipinski definition) is 2. The lowest BCUT2D eigenvalue weighted by Crippen LogP contribution is -2.52. The molecule has 2 aromatic heterocycles. The molecule has 275 valence electrons. The average Bonchev–Trinajstić information content (AvgIpc) is 3.55. The second-order valence-electron chi connectivity index (χ2n) is 15.9. The van der Waals surface area contributed by atoms with Gasteiger partial charge in [-0.2, -0.15) is 34.9 Å². The van der Waals surface area contributed by atoms with Gasteiger partial charge in [0, 0.05) is 60.9 Å². The van der Waals surface area contributed by atoms with E-state index in [9.17, 15) is 9.59 Å². The Balaban J connectivity index is 1.11. The molecule has 7 rings (SSSR count). The van der Waals surface area contributed by atoms with Gasteiger partial charge in [0.1, 0.15) is 18.8 Å². The highest BCUT2D eigenvalue weighted by Crippen LogP contribution is 2.39. The number of aryl methyl sites for hydroxylation is 2. The van der Waals surface area contributed by atoms with Crippen molar-refractivity contribution in [2.45, 2.75) is 109 Å². The molecule has 3 atom stereocenters. The van der Waals surface area contributed by atoms with Gasteiger partial charge in [-0.15, -0.1) is 14.1 Å². The Bertz CT molecular complexity index is 1960. The van der Waals surface area contributed by atoms with Crippen LogP contribution in [0.25, 0.3) is 22.3 Å². The van der Waals surface area contributed by atoms with Gasteiger partial charge in [0.05, 0.1) is 17.9 Å². The lowest BCUT2D eigenvalue weighted by Gasteiger charge is -2.33. The zero-order valence-corrected chi connectivity index (χ0v) is 32.4. The number of amides is 2. The maximum absolute atomic E-state index is 14.3. The third kappa shape index (κ3) is 7.92. The van der Waals surface area contributed by atoms with E-state index in [0.717, 1.165) is 71.1 Å². The molecule has 0 spiro atoms. The number of rotatable bonds is 13. The summed E-state index contributed by atoms with van der Waals surface area (Å²) in [5, 5.41) is 21.7. The third-order valence-corrected chi connectivity index (χ3v) is 12.4. The Morgan fingerprint density at radius 1 is 1.02 bits per heavy atom. The molecule has 2 amide bonds. The largest absolute Gasteiger partial charge is 0.362 e. The topological polar surface area (TPSA) is 119 Å². The van der Waals surface area contributed by atoms with Crippen LogP contribution in [0.1, 0.15) is 66.6 Å². The number of aromatic nitrogens is 4. The molecule has 0 radical (unpaired) electrons. The number of hydrogen-bond acceptors (Lipinski definition) is 7. The van der Waals surface area contributed by atoms with Crippen LogP contribution in [-0.2, 0) is 27.5 Å². The predicted octanol–water partition coefficient (Wildman–Crippen LogP) is 6.91. The van der Waals surface area contributed by atoms with Crippen molar-refractivity contribution in [2.75, 3.05) is 19.0 Å². The maximum atomic E-state index is 14.3. The average molecular weight is 721 g/mol. The quantitative estimate of drug-likeness (QED) is 0.115. The van der Waals surface area contributed by atoms with E-state index in [-0.39, 0.29) is 17.7 Å². The summed E-state index contributed by atoms with van der Waals surface area (Å²) >= 11 is 0. The van der Waals surface area contributed by atoms with Gasteiger partial charge >= 0.3 is 0 Å². The van der Waals surface area contributed by atoms with Crippen molar-refractivity contribution in [3.05, 3.63) is 77.4 Å². The van der Waals surface area contributed by atoms with Gasteiger partial charge in [0.2, 0.25) is 11.8 Å². The predicted molar refractivity (Wildman–Crippen MR) is 208 cm³/mol. The molecule has 0 bridgehead atoms. The van der Waals surface area contributed by atoms with Gasteiger partial charge in [-0.1, -0.05) is 30.3 Å². The number of anilines is 1. The first-order chi connectivity index (χ1) is 24.9. The van der Waals surface area contributed by atoms with Gasteiger partial charge in [-0.3, -0.25) is 19.3 Å². The van der Waals surface area contributed by atoms with Crippen LogP contribution in [0.4, 0.5) is 5.69 Å². The molecule has 1 aliphatic heterocycles. The molecule has 3 aliphatic rings. The van der Waals surface area contributed by atoms with Gasteiger partial charge in [-0.05, 0) is 80.3 Å². The first-order valence-corrected chi connectivity index (χ1v) is 22.4. The van der Waals surface area contributed by atoms with Crippen molar-refractivity contribution in [3.63, 3.8) is 0 Å². The van der Waals surface area contributed by atoms with E-state index in [1.54, 1.807) is 18.3 Å². The third-order valence-electron chi connectivity index (χ3n) is 10.7. The molecule has 0 saturated heterocycles. The van der Waals surface area contributed by atoms with E-state index in [1.165, 1.54) is 18.4 Å². The van der Waals surface area contributed by atoms with E-state index in [0.29, 0.717) is 24.9 Å². The van der Waals surface area contributed by atoms with Crippen LogP contribution in [0.2, 0.25) is 25.7 Å². The minimum atomic E-state index is -1.17. The van der Waals surface area contributed by atoms with E-state index < -0.39 is 20.2 Å². The molecular formula is C40H52N8O3Si-. The van der Waals surface area contributed by atoms with Gasteiger partial charge < -0.3 is 15.4 Å². The number of ether oxygens (including phenoxy) is 1. The summed E-state index contributed by atoms with van der Waals surface area (Å²) in [6, 6.07) is 14.8. The van der Waals surface area contributed by atoms with E-state index in [2.05, 4.69) is 76.5 Å². The van der Waals surface area contributed by atoms with E-state index in [1.807, 2.05) is 42.1 Å². The van der Waals surface area contributed by atoms with Crippen LogP contribution in [0.15, 0.2) is 60.0 Å². The number of nitrogens with one attached hydrogen (secondary N) is 2. The maximum Gasteiger partial charge on any atom is 0.247 e. The van der Waals surface area contributed by atoms with Crippen molar-refractivity contribution < 1.29 is 14.3 Å². The monoisotopic (exact) mass is 720 g/mol. The van der Waals surface area contributed by atoms with Gasteiger partial charge in [0.15, 0.2) is 0 Å². The van der Waals surface area contributed by atoms with Crippen LogP contribution >= 0.6 is 0 Å². The van der Waals surface area contributed by atoms with Crippen molar-refractivity contribution in [2.24, 2.45) is 5.10 Å². The molecular weight excluding hydrogens is 669 g/mol. The zero-order chi connectivity index (χ0) is 36.6. The van der Waals surface area contributed by atoms with Gasteiger partial charge in [0.25, 0.3) is 0 Å². The van der Waals surface area contributed by atoms with Crippen LogP contribution in [0.5, 0.6) is 0 Å². The second kappa shape index (κ2) is 14.8. The van der Waals surface area contributed by atoms with Crippen LogP contribution in [0.3, 0.4) is 0 Å². The number of nitrogens with zero attached hydrogens (tertiary/aromatic N) is 6. The number of benzene rings is 2. The molecule has 3 heterocycles. The molecule has 52 heavy (non-hydrogen) atoms. The van der Waals surface area contributed by atoms with Crippen LogP contribution in [0, 0.1) is 13.8 Å². The Hall–Kier alpha value is -4.55. The fraction of sp³-hybridized carbons (Fsp3) is 0.475. The molecule has 2 unspecified atom stereocenters. The SMILES string of the molecule is Cc1nn(COCC[Si-](C)(C)C)c(C)c1-c1ccc(NC(=O)[C@@H](NC(=O)C2CC=NN2C)C2CCCc3ccc(-c4cnn(C5CC5)c4)cc32)cc1. The lowest BCUT2D eigenvalue weighted by molar-refractivity contribution is -0.130. The summed E-state index contributed by atoms with van der Waals surface area (Å²) < 4.78 is 9.98. The number of likely N-dealkylation sites (N-methyl/N-ethyl adjacent to an activating group) is 1. The number of carbonyl (C=O) groups is 2. The number of carbonyl (C=O) groups excluding carboxylic acids is 2. The summed E-state index contributed by atoms with van der Waals surface area (Å²) in [5.74, 6) is -0.623. The molecule has 2 aromatic carbocycles. The molecule has 1 fully saturated rings. The van der Waals surface area contributed by atoms with Gasteiger partial charge in [-0.25, -0.2) is 4.68 Å². The highest BCUT2D eigenvalue weighted by molar-refractivity contribution is 6.76. The molecule has 12 heteroatoms.